The zero-order chi connectivity index (χ0) is 23.1. The van der Waals surface area contributed by atoms with Crippen molar-refractivity contribution >= 4 is 23.4 Å². The minimum atomic E-state index is -4.39. The van der Waals surface area contributed by atoms with Gasteiger partial charge in [-0.25, -0.2) is 0 Å². The van der Waals surface area contributed by atoms with Gasteiger partial charge in [-0.1, -0.05) is 37.1 Å². The van der Waals surface area contributed by atoms with Crippen molar-refractivity contribution < 1.29 is 18.0 Å². The van der Waals surface area contributed by atoms with Crippen LogP contribution in [0.5, 0.6) is 0 Å². The van der Waals surface area contributed by atoms with Crippen LogP contribution in [-0.2, 0) is 17.5 Å². The molecule has 2 aromatic rings. The molecule has 0 radical (unpaired) electrons. The van der Waals surface area contributed by atoms with E-state index in [9.17, 15) is 18.0 Å². The number of nitrogens with zero attached hydrogens (tertiary/aromatic N) is 4. The first-order chi connectivity index (χ1) is 15.3. The van der Waals surface area contributed by atoms with Gasteiger partial charge in [-0.15, -0.1) is 10.2 Å². The summed E-state index contributed by atoms with van der Waals surface area (Å²) in [5, 5.41) is 12.4. The number of alkyl halides is 3. The Morgan fingerprint density at radius 1 is 1.19 bits per heavy atom. The van der Waals surface area contributed by atoms with E-state index in [4.69, 9.17) is 0 Å². The smallest absolute Gasteiger partial charge is 0.378 e. The summed E-state index contributed by atoms with van der Waals surface area (Å²) in [7, 11) is 0. The summed E-state index contributed by atoms with van der Waals surface area (Å²) in [5.74, 6) is 1.02. The molecule has 10 heteroatoms. The monoisotopic (exact) mass is 469 g/mol. The maximum atomic E-state index is 13.0. The highest BCUT2D eigenvalue weighted by atomic mass is 32.2. The summed E-state index contributed by atoms with van der Waals surface area (Å²) in [5.41, 5.74) is -0.314. The van der Waals surface area contributed by atoms with Crippen LogP contribution < -0.4 is 5.32 Å². The van der Waals surface area contributed by atoms with Gasteiger partial charge < -0.3 is 14.8 Å². The Bertz CT molecular complexity index is 892. The number of carbonyl (C=O) groups excluding carboxylic acids is 1. The van der Waals surface area contributed by atoms with Crippen LogP contribution in [0.15, 0.2) is 29.4 Å². The van der Waals surface area contributed by atoms with Crippen LogP contribution in [0.4, 0.5) is 18.9 Å². The molecule has 1 N–H and O–H groups in total. The number of anilines is 1. The number of halogens is 3. The Balaban J connectivity index is 1.76. The van der Waals surface area contributed by atoms with E-state index in [1.165, 1.54) is 24.2 Å². The second kappa shape index (κ2) is 11.1. The van der Waals surface area contributed by atoms with E-state index in [1.807, 2.05) is 13.8 Å². The molecule has 0 saturated heterocycles. The van der Waals surface area contributed by atoms with Gasteiger partial charge in [0.2, 0.25) is 5.91 Å². The van der Waals surface area contributed by atoms with E-state index >= 15 is 0 Å². The van der Waals surface area contributed by atoms with Crippen molar-refractivity contribution in [2.24, 2.45) is 0 Å². The molecule has 1 aliphatic rings. The second-order valence-electron chi connectivity index (χ2n) is 7.85. The zero-order valence-corrected chi connectivity index (χ0v) is 19.3. The average molecular weight is 470 g/mol. The van der Waals surface area contributed by atoms with E-state index in [0.717, 1.165) is 37.8 Å². The fourth-order valence-electron chi connectivity index (χ4n) is 4.01. The topological polar surface area (TPSA) is 63.1 Å². The van der Waals surface area contributed by atoms with Gasteiger partial charge in [0.25, 0.3) is 0 Å². The van der Waals surface area contributed by atoms with E-state index in [1.54, 1.807) is 11.0 Å². The third-order valence-electron chi connectivity index (χ3n) is 5.76. The highest BCUT2D eigenvalue weighted by Crippen LogP contribution is 2.34. The van der Waals surface area contributed by atoms with E-state index in [-0.39, 0.29) is 24.2 Å². The van der Waals surface area contributed by atoms with Gasteiger partial charge >= 0.3 is 6.18 Å². The molecular formula is C22H30F3N5OS. The van der Waals surface area contributed by atoms with Gasteiger partial charge in [-0.2, -0.15) is 13.2 Å². The molecule has 3 rings (SSSR count). The number of amides is 1. The van der Waals surface area contributed by atoms with Crippen molar-refractivity contribution in [2.75, 3.05) is 24.2 Å². The predicted molar refractivity (Wildman–Crippen MR) is 120 cm³/mol. The lowest BCUT2D eigenvalue weighted by Gasteiger charge is -2.26. The number of carbonyl (C=O) groups is 1. The molecule has 0 spiro atoms. The molecule has 1 fully saturated rings. The molecule has 1 aliphatic carbocycles. The summed E-state index contributed by atoms with van der Waals surface area (Å²) in [6.07, 6.45) is 1.05. The van der Waals surface area contributed by atoms with Gasteiger partial charge in [0.05, 0.1) is 17.9 Å². The fourth-order valence-corrected chi connectivity index (χ4v) is 4.94. The number of nitrogens with one attached hydrogen (secondary N) is 1. The number of rotatable bonds is 9. The molecule has 1 aromatic carbocycles. The Hall–Kier alpha value is -2.23. The highest BCUT2D eigenvalue weighted by Gasteiger charge is 2.30. The maximum absolute atomic E-state index is 13.0. The average Bonchev–Trinajstić information content (AvgIpc) is 3.20. The maximum Gasteiger partial charge on any atom is 0.416 e. The third kappa shape index (κ3) is 6.17. The molecule has 0 unspecified atom stereocenters. The van der Waals surface area contributed by atoms with Crippen molar-refractivity contribution in [3.8, 4) is 0 Å². The molecule has 32 heavy (non-hydrogen) atoms. The molecule has 176 valence electrons. The summed E-state index contributed by atoms with van der Waals surface area (Å²) in [4.78, 5) is 14.2. The SMILES string of the molecule is CCN(CC)C(=O)CSc1nnc(CNc2cccc(C(F)(F)F)c2)n1C1CCCCC1. The minimum absolute atomic E-state index is 0.0573. The Morgan fingerprint density at radius 2 is 1.91 bits per heavy atom. The molecule has 1 heterocycles. The van der Waals surface area contributed by atoms with E-state index in [0.29, 0.717) is 29.8 Å². The second-order valence-corrected chi connectivity index (χ2v) is 8.79. The highest BCUT2D eigenvalue weighted by molar-refractivity contribution is 7.99. The Morgan fingerprint density at radius 3 is 2.56 bits per heavy atom. The number of benzene rings is 1. The molecule has 0 atom stereocenters. The quantitative estimate of drug-likeness (QED) is 0.500. The molecule has 1 amide bonds. The van der Waals surface area contributed by atoms with Crippen LogP contribution >= 0.6 is 11.8 Å². The lowest BCUT2D eigenvalue weighted by Crippen LogP contribution is -2.32. The third-order valence-corrected chi connectivity index (χ3v) is 6.68. The van der Waals surface area contributed by atoms with Crippen LogP contribution in [0.3, 0.4) is 0 Å². The first-order valence-corrected chi connectivity index (χ1v) is 12.1. The molecule has 6 nitrogen and oxygen atoms in total. The van der Waals surface area contributed by atoms with Crippen molar-refractivity contribution in [1.29, 1.82) is 0 Å². The van der Waals surface area contributed by atoms with Crippen molar-refractivity contribution in [1.82, 2.24) is 19.7 Å². The standard InChI is InChI=1S/C22H30F3N5OS/c1-3-29(4-2)20(31)15-32-21-28-27-19(30(21)18-11-6-5-7-12-18)14-26-17-10-8-9-16(13-17)22(23,24)25/h8-10,13,18,26H,3-7,11-12,14-15H2,1-2H3. The zero-order valence-electron chi connectivity index (χ0n) is 18.5. The number of hydrogen-bond donors (Lipinski definition) is 1. The van der Waals surface area contributed by atoms with Crippen LogP contribution in [-0.4, -0.2) is 44.4 Å². The number of thioether (sulfide) groups is 1. The molecule has 1 saturated carbocycles. The van der Waals surface area contributed by atoms with E-state index < -0.39 is 11.7 Å². The summed E-state index contributed by atoms with van der Waals surface area (Å²) >= 11 is 1.38. The molecule has 0 bridgehead atoms. The summed E-state index contributed by atoms with van der Waals surface area (Å²) in [6, 6.07) is 5.38. The first kappa shape index (κ1) is 24.4. The predicted octanol–water partition coefficient (Wildman–Crippen LogP) is 5.37. The molecular weight excluding hydrogens is 439 g/mol. The summed E-state index contributed by atoms with van der Waals surface area (Å²) in [6.45, 7) is 5.49. The van der Waals surface area contributed by atoms with Gasteiger partial charge in [0.15, 0.2) is 11.0 Å². The fraction of sp³-hybridized carbons (Fsp3) is 0.591. The first-order valence-electron chi connectivity index (χ1n) is 11.1. The lowest BCUT2D eigenvalue weighted by atomic mass is 9.95. The van der Waals surface area contributed by atoms with Gasteiger partial charge in [0.1, 0.15) is 0 Å². The van der Waals surface area contributed by atoms with Gasteiger partial charge in [0, 0.05) is 24.8 Å². The minimum Gasteiger partial charge on any atom is -0.378 e. The van der Waals surface area contributed by atoms with Crippen LogP contribution in [0, 0.1) is 0 Å². The molecule has 1 aromatic heterocycles. The largest absolute Gasteiger partial charge is 0.416 e. The van der Waals surface area contributed by atoms with Crippen LogP contribution in [0.1, 0.15) is 63.4 Å². The van der Waals surface area contributed by atoms with Gasteiger partial charge in [-0.05, 0) is 44.9 Å². The number of aromatic nitrogens is 3. The van der Waals surface area contributed by atoms with Crippen molar-refractivity contribution in [3.63, 3.8) is 0 Å². The van der Waals surface area contributed by atoms with Crippen molar-refractivity contribution in [2.45, 2.75) is 69.9 Å². The Kier molecular flexibility index (Phi) is 8.44. The Labute approximate surface area is 191 Å². The lowest BCUT2D eigenvalue weighted by molar-refractivity contribution is -0.137. The number of hydrogen-bond acceptors (Lipinski definition) is 5. The van der Waals surface area contributed by atoms with Gasteiger partial charge in [-0.3, -0.25) is 4.79 Å². The summed E-state index contributed by atoms with van der Waals surface area (Å²) < 4.78 is 41.1. The van der Waals surface area contributed by atoms with E-state index in [2.05, 4.69) is 20.1 Å². The normalized spacial score (nSPS) is 15.0. The van der Waals surface area contributed by atoms with Crippen LogP contribution in [0.2, 0.25) is 0 Å². The molecule has 0 aliphatic heterocycles. The van der Waals surface area contributed by atoms with Crippen molar-refractivity contribution in [3.05, 3.63) is 35.7 Å². The van der Waals surface area contributed by atoms with Crippen LogP contribution in [0.25, 0.3) is 0 Å².